The number of furan rings is 1. The van der Waals surface area contributed by atoms with Crippen molar-refractivity contribution in [2.24, 2.45) is 0 Å². The van der Waals surface area contributed by atoms with Gasteiger partial charge in [-0.05, 0) is 228 Å². The first kappa shape index (κ1) is 74.3. The number of para-hydroxylation sites is 10. The van der Waals surface area contributed by atoms with Crippen molar-refractivity contribution < 1.29 is 4.42 Å². The molecule has 0 amide bonds. The molecule has 30 rings (SSSR count). The summed E-state index contributed by atoms with van der Waals surface area (Å²) in [6.07, 6.45) is 0. The van der Waals surface area contributed by atoms with Crippen LogP contribution in [0.4, 0.5) is 0 Å². The molecule has 0 bridgehead atoms. The molecule has 0 spiro atoms. The predicted octanol–water partition coefficient (Wildman–Crippen LogP) is 33.5. The molecule has 8 aromatic heterocycles. The quantitative estimate of drug-likeness (QED) is 0.151. The van der Waals surface area contributed by atoms with Gasteiger partial charge in [0, 0.05) is 119 Å². The number of hydrogen-bond donors (Lipinski definition) is 0. The summed E-state index contributed by atoms with van der Waals surface area (Å²) in [6, 6.07) is 158. The Balaban J connectivity index is 0.000000131. The summed E-state index contributed by atoms with van der Waals surface area (Å²) >= 11 is 1.83. The van der Waals surface area contributed by atoms with E-state index in [0.29, 0.717) is 0 Å². The second kappa shape index (κ2) is 28.9. The molecule has 22 aromatic carbocycles. The third-order valence-corrected chi connectivity index (χ3v) is 29.3. The van der Waals surface area contributed by atoms with Gasteiger partial charge in [0.2, 0.25) is 0 Å². The van der Waals surface area contributed by atoms with Gasteiger partial charge in [0.1, 0.15) is 16.9 Å². The fraction of sp³-hybridized carbons (Fsp3) is 0. The summed E-state index contributed by atoms with van der Waals surface area (Å²) < 4.78 is 18.8. The maximum Gasteiger partial charge on any atom is 0.144 e. The Morgan fingerprint density at radius 1 is 0.194 bits per heavy atom. The highest BCUT2D eigenvalue weighted by atomic mass is 32.1. The molecule has 0 aliphatic carbocycles. The molecule has 620 valence electrons. The van der Waals surface area contributed by atoms with E-state index >= 15 is 0 Å². The lowest BCUT2D eigenvalue weighted by molar-refractivity contribution is 0.670. The van der Waals surface area contributed by atoms with Crippen LogP contribution in [0.15, 0.2) is 441 Å². The molecule has 0 aliphatic heterocycles. The van der Waals surface area contributed by atoms with Crippen LogP contribution in [0.5, 0.6) is 0 Å². The van der Waals surface area contributed by atoms with E-state index in [4.69, 9.17) is 24.4 Å². The largest absolute Gasteiger partial charge is 0.455 e. The summed E-state index contributed by atoms with van der Waals surface area (Å²) in [5, 5.41) is 29.2. The zero-order valence-electron chi connectivity index (χ0n) is 72.0. The van der Waals surface area contributed by atoms with Gasteiger partial charge < -0.3 is 22.7 Å². The van der Waals surface area contributed by atoms with Crippen molar-refractivity contribution in [3.8, 4) is 67.8 Å². The average molecular weight is 1720 g/mol. The molecule has 0 fully saturated rings. The Labute approximate surface area is 769 Å². The number of benzene rings is 22. The fourth-order valence-electron chi connectivity index (χ4n) is 22.0. The van der Waals surface area contributed by atoms with Crippen LogP contribution >= 0.6 is 11.3 Å². The van der Waals surface area contributed by atoms with Crippen LogP contribution in [0.1, 0.15) is 0 Å². The van der Waals surface area contributed by atoms with Gasteiger partial charge in [-0.15, -0.1) is 11.3 Å². The van der Waals surface area contributed by atoms with Crippen molar-refractivity contribution in [3.05, 3.63) is 437 Å². The van der Waals surface area contributed by atoms with E-state index in [0.717, 1.165) is 128 Å². The van der Waals surface area contributed by atoms with Crippen LogP contribution in [-0.2, 0) is 0 Å². The molecule has 0 aliphatic rings. The van der Waals surface area contributed by atoms with Gasteiger partial charge in [-0.3, -0.25) is 0 Å². The summed E-state index contributed by atoms with van der Waals surface area (Å²) in [7, 11) is 0. The van der Waals surface area contributed by atoms with E-state index in [1.54, 1.807) is 0 Å². The van der Waals surface area contributed by atoms with E-state index in [1.165, 1.54) is 156 Å². The highest BCUT2D eigenvalue weighted by Gasteiger charge is 2.26. The van der Waals surface area contributed by atoms with Gasteiger partial charge in [0.05, 0.1) is 83.3 Å². The highest BCUT2D eigenvalue weighted by molar-refractivity contribution is 7.26. The number of rotatable bonds is 8. The Morgan fingerprint density at radius 3 is 1.10 bits per heavy atom. The summed E-state index contributed by atoms with van der Waals surface area (Å²) in [6.45, 7) is 0. The van der Waals surface area contributed by atoms with Crippen molar-refractivity contribution >= 4 is 227 Å². The number of hydrogen-bond acceptors (Lipinski definition) is 6. The lowest BCUT2D eigenvalue weighted by Crippen LogP contribution is -1.96. The molecular formula is C124H72N8OS. The second-order valence-electron chi connectivity index (χ2n) is 35.4. The molecule has 9 nitrogen and oxygen atoms in total. The number of thiophene rings is 1. The van der Waals surface area contributed by atoms with E-state index in [1.807, 2.05) is 59.9 Å². The molecule has 30 aromatic rings. The predicted molar refractivity (Wildman–Crippen MR) is 563 cm³/mol. The van der Waals surface area contributed by atoms with Crippen molar-refractivity contribution in [1.29, 1.82) is 0 Å². The van der Waals surface area contributed by atoms with E-state index in [2.05, 4.69) is 407 Å². The van der Waals surface area contributed by atoms with Crippen molar-refractivity contribution in [1.82, 2.24) is 38.2 Å². The molecule has 0 saturated carbocycles. The Morgan fingerprint density at radius 2 is 0.552 bits per heavy atom. The molecule has 0 unspecified atom stereocenters. The minimum absolute atomic E-state index is 0.799. The van der Waals surface area contributed by atoms with Crippen LogP contribution in [0.25, 0.3) is 284 Å². The Hall–Kier alpha value is -17.7. The van der Waals surface area contributed by atoms with Gasteiger partial charge in [-0.25, -0.2) is 19.9 Å². The minimum Gasteiger partial charge on any atom is -0.455 e. The second-order valence-corrected chi connectivity index (χ2v) is 36.5. The molecule has 0 saturated heterocycles. The van der Waals surface area contributed by atoms with E-state index < -0.39 is 0 Å². The SMILES string of the molecule is c1ccc2c(c1)ccc1c2c2ccccc2n1-c1ccc2cc3c(cc2c1)c1ccccc1n3-c1ccc2cc(-c3nc4ccccc4nc3-c3cccc4c3oc3ccccc34)ccc2c1.c1ccc2c(c1)ccc1c2c2ccccc2n1-c1ccc2cc3c(cc2c1)c1ccccc1n3-c1ccc2ccc(-c3nc4ccccc4nc3-c3cccc4c3sc3ccccc34)cc2c1. The molecule has 0 radical (unpaired) electrons. The van der Waals surface area contributed by atoms with Crippen molar-refractivity contribution in [2.75, 3.05) is 0 Å². The standard InChI is InChI=1S/C62H36N4O.C62H36N4S/c1-2-13-45-37(12-1)28-31-56-59(45)49-16-4-9-22-55(49)65(56)44-30-27-40-36-57-51(35-42(40)34-44)46-14-3-8-21-54(46)66(57)43-29-26-38-32-41(25-24-39(38)33-43)60-61(64-53-20-7-6-19-52(53)63-60)50-18-11-17-48-47-15-5-10-23-58(47)67-62(48)50;1-2-13-45-38(12-1)28-31-56-59(45)49-16-4-9-22-55(49)65(56)43-30-27-39-36-57-51(35-42(39)34-43)46-14-3-8-21-54(46)66(57)44-29-26-37-24-25-40(32-41(37)33-44)60-61(64-53-20-7-6-19-52(53)63-60)50-18-11-17-48-47-15-5-10-23-58(47)67-62(48)50/h2*1-36H. The zero-order valence-corrected chi connectivity index (χ0v) is 72.8. The minimum atomic E-state index is 0.799. The highest BCUT2D eigenvalue weighted by Crippen LogP contribution is 2.48. The van der Waals surface area contributed by atoms with Crippen molar-refractivity contribution in [2.45, 2.75) is 0 Å². The normalized spacial score (nSPS) is 12.2. The molecule has 134 heavy (non-hydrogen) atoms. The molecular weight excluding hydrogens is 1650 g/mol. The zero-order chi connectivity index (χ0) is 87.5. The fourth-order valence-corrected chi connectivity index (χ4v) is 23.2. The lowest BCUT2D eigenvalue weighted by Gasteiger charge is -2.13. The number of fused-ring (bicyclic) bond motifs is 28. The average Bonchev–Trinajstić information content (AvgIpc) is 1.56. The van der Waals surface area contributed by atoms with Crippen LogP contribution in [0, 0.1) is 0 Å². The van der Waals surface area contributed by atoms with Gasteiger partial charge >= 0.3 is 0 Å². The topological polar surface area (TPSA) is 84.4 Å². The van der Waals surface area contributed by atoms with Gasteiger partial charge in [0.25, 0.3) is 0 Å². The Kier molecular flexibility index (Phi) is 16.0. The molecule has 0 N–H and O–H groups in total. The van der Waals surface area contributed by atoms with E-state index in [-0.39, 0.29) is 0 Å². The van der Waals surface area contributed by atoms with Crippen LogP contribution < -0.4 is 0 Å². The van der Waals surface area contributed by atoms with Crippen molar-refractivity contribution in [3.63, 3.8) is 0 Å². The first-order chi connectivity index (χ1) is 66.4. The molecule has 10 heteroatoms. The van der Waals surface area contributed by atoms with E-state index in [9.17, 15) is 0 Å². The third kappa shape index (κ3) is 11.3. The van der Waals surface area contributed by atoms with Gasteiger partial charge in [0.15, 0.2) is 0 Å². The first-order valence-electron chi connectivity index (χ1n) is 45.6. The first-order valence-corrected chi connectivity index (χ1v) is 46.4. The summed E-state index contributed by atoms with van der Waals surface area (Å²) in [4.78, 5) is 21.3. The number of nitrogens with zero attached hydrogens (tertiary/aromatic N) is 8. The lowest BCUT2D eigenvalue weighted by atomic mass is 9.99. The smallest absolute Gasteiger partial charge is 0.144 e. The van der Waals surface area contributed by atoms with Crippen LogP contribution in [0.3, 0.4) is 0 Å². The number of aromatic nitrogens is 8. The van der Waals surface area contributed by atoms with Gasteiger partial charge in [-0.2, -0.15) is 0 Å². The molecule has 8 heterocycles. The summed E-state index contributed by atoms with van der Waals surface area (Å²) in [5.74, 6) is 0. The Bertz CT molecular complexity index is 10400. The third-order valence-electron chi connectivity index (χ3n) is 28.0. The monoisotopic (exact) mass is 1720 g/mol. The van der Waals surface area contributed by atoms with Gasteiger partial charge in [-0.1, -0.05) is 273 Å². The summed E-state index contributed by atoms with van der Waals surface area (Å²) in [5.41, 5.74) is 26.7. The maximum absolute atomic E-state index is 6.53. The maximum atomic E-state index is 6.53. The van der Waals surface area contributed by atoms with Crippen LogP contribution in [0.2, 0.25) is 0 Å². The molecule has 0 atom stereocenters. The van der Waals surface area contributed by atoms with Crippen LogP contribution in [-0.4, -0.2) is 38.2 Å².